The van der Waals surface area contributed by atoms with E-state index in [9.17, 15) is 4.79 Å². The van der Waals surface area contributed by atoms with Crippen molar-refractivity contribution in [2.24, 2.45) is 0 Å². The van der Waals surface area contributed by atoms with Crippen molar-refractivity contribution in [3.8, 4) is 17.0 Å². The maximum Gasteiger partial charge on any atom is 0.275 e. The molecule has 2 aromatic heterocycles. The zero-order valence-corrected chi connectivity index (χ0v) is 16.2. The van der Waals surface area contributed by atoms with E-state index < -0.39 is 0 Å². The molecular formula is C22H21N5O2. The van der Waals surface area contributed by atoms with Crippen LogP contribution in [0.15, 0.2) is 65.7 Å². The number of hydrogen-bond donors (Lipinski definition) is 1. The Balaban J connectivity index is 1.79. The minimum absolute atomic E-state index is 0.166. The molecular weight excluding hydrogens is 366 g/mol. The van der Waals surface area contributed by atoms with E-state index in [2.05, 4.69) is 15.1 Å². The predicted molar refractivity (Wildman–Crippen MR) is 113 cm³/mol. The maximum atomic E-state index is 13.2. The van der Waals surface area contributed by atoms with Crippen LogP contribution in [0.25, 0.3) is 22.0 Å². The summed E-state index contributed by atoms with van der Waals surface area (Å²) in [7, 11) is 0. The molecule has 2 heterocycles. The molecule has 146 valence electrons. The molecule has 0 radical (unpaired) electrons. The van der Waals surface area contributed by atoms with E-state index in [1.807, 2.05) is 56.3 Å². The lowest BCUT2D eigenvalue weighted by atomic mass is 10.1. The number of benzene rings is 2. The molecule has 0 spiro atoms. The molecule has 29 heavy (non-hydrogen) atoms. The number of rotatable bonds is 5. The van der Waals surface area contributed by atoms with E-state index in [0.29, 0.717) is 17.7 Å². The van der Waals surface area contributed by atoms with E-state index in [1.165, 1.54) is 4.68 Å². The first kappa shape index (κ1) is 18.6. The number of anilines is 1. The monoisotopic (exact) mass is 387 g/mol. The third-order valence-electron chi connectivity index (χ3n) is 4.80. The van der Waals surface area contributed by atoms with Gasteiger partial charge in [0.2, 0.25) is 5.95 Å². The summed E-state index contributed by atoms with van der Waals surface area (Å²) in [6, 6.07) is 14.8. The van der Waals surface area contributed by atoms with Crippen LogP contribution in [0.3, 0.4) is 0 Å². The van der Waals surface area contributed by atoms with Gasteiger partial charge in [-0.3, -0.25) is 4.79 Å². The molecule has 7 heteroatoms. The van der Waals surface area contributed by atoms with Crippen LogP contribution in [-0.2, 0) is 0 Å². The number of hydrogen-bond acceptors (Lipinski definition) is 6. The van der Waals surface area contributed by atoms with Gasteiger partial charge >= 0.3 is 0 Å². The molecule has 1 unspecified atom stereocenters. The summed E-state index contributed by atoms with van der Waals surface area (Å²) in [6.45, 7) is 4.47. The van der Waals surface area contributed by atoms with Crippen LogP contribution in [-0.4, -0.2) is 26.4 Å². The molecule has 2 aromatic carbocycles. The predicted octanol–water partition coefficient (Wildman–Crippen LogP) is 3.44. The number of nitrogen functional groups attached to an aromatic ring is 1. The fourth-order valence-corrected chi connectivity index (χ4v) is 3.30. The van der Waals surface area contributed by atoms with E-state index in [1.54, 1.807) is 18.5 Å². The third-order valence-corrected chi connectivity index (χ3v) is 4.80. The summed E-state index contributed by atoms with van der Waals surface area (Å²) < 4.78 is 7.07. The van der Waals surface area contributed by atoms with Gasteiger partial charge in [0.25, 0.3) is 5.56 Å². The highest BCUT2D eigenvalue weighted by molar-refractivity contribution is 5.85. The Labute approximate surface area is 167 Å². The standard InChI is InChI=1S/C22H21N5O2/c1-3-29-18-6-4-5-15(11-18)14(2)27-21(28)19-12-16(7-8-17(19)13-25-27)20-9-10-24-22(23)26-20/h4-14H,3H2,1-2H3,(H2,23,24,26). The van der Waals surface area contributed by atoms with Gasteiger partial charge in [0.15, 0.2) is 0 Å². The molecule has 4 rings (SSSR count). The van der Waals surface area contributed by atoms with Crippen molar-refractivity contribution < 1.29 is 4.74 Å². The van der Waals surface area contributed by atoms with E-state index in [4.69, 9.17) is 10.5 Å². The van der Waals surface area contributed by atoms with Gasteiger partial charge in [0, 0.05) is 17.1 Å². The minimum Gasteiger partial charge on any atom is -0.494 e. The largest absolute Gasteiger partial charge is 0.494 e. The zero-order valence-electron chi connectivity index (χ0n) is 16.2. The average Bonchev–Trinajstić information content (AvgIpc) is 2.74. The highest BCUT2D eigenvalue weighted by atomic mass is 16.5. The fraction of sp³-hybridized carbons (Fsp3) is 0.182. The Hall–Kier alpha value is -3.74. The van der Waals surface area contributed by atoms with Gasteiger partial charge in [-0.05, 0) is 43.7 Å². The van der Waals surface area contributed by atoms with Crippen molar-refractivity contribution in [3.05, 3.63) is 76.8 Å². The lowest BCUT2D eigenvalue weighted by Gasteiger charge is -2.16. The van der Waals surface area contributed by atoms with Gasteiger partial charge in [-0.25, -0.2) is 14.6 Å². The fourth-order valence-electron chi connectivity index (χ4n) is 3.30. The quantitative estimate of drug-likeness (QED) is 0.563. The summed E-state index contributed by atoms with van der Waals surface area (Å²) in [6.07, 6.45) is 3.30. The van der Waals surface area contributed by atoms with Gasteiger partial charge < -0.3 is 10.5 Å². The number of aromatic nitrogens is 4. The molecule has 0 saturated carbocycles. The first-order valence-corrected chi connectivity index (χ1v) is 9.40. The molecule has 7 nitrogen and oxygen atoms in total. The van der Waals surface area contributed by atoms with Crippen LogP contribution < -0.4 is 16.0 Å². The number of fused-ring (bicyclic) bond motifs is 1. The van der Waals surface area contributed by atoms with Crippen LogP contribution in [0, 0.1) is 0 Å². The second-order valence-electron chi connectivity index (χ2n) is 6.68. The third kappa shape index (κ3) is 3.67. The van der Waals surface area contributed by atoms with Gasteiger partial charge in [0.1, 0.15) is 5.75 Å². The molecule has 1 atom stereocenters. The van der Waals surface area contributed by atoms with Crippen molar-refractivity contribution in [1.29, 1.82) is 0 Å². The molecule has 0 aliphatic rings. The highest BCUT2D eigenvalue weighted by Crippen LogP contribution is 2.24. The number of nitrogens with two attached hydrogens (primary N) is 1. The normalized spacial score (nSPS) is 12.1. The molecule has 0 aliphatic heterocycles. The number of ether oxygens (including phenoxy) is 1. The van der Waals surface area contributed by atoms with Crippen LogP contribution >= 0.6 is 0 Å². The molecule has 0 saturated heterocycles. The van der Waals surface area contributed by atoms with Gasteiger partial charge in [-0.15, -0.1) is 0 Å². The Bertz CT molecular complexity index is 1240. The summed E-state index contributed by atoms with van der Waals surface area (Å²) in [5.74, 6) is 0.965. The maximum absolute atomic E-state index is 13.2. The van der Waals surface area contributed by atoms with Gasteiger partial charge in [0.05, 0.1) is 29.9 Å². The van der Waals surface area contributed by atoms with Crippen LogP contribution in [0.5, 0.6) is 5.75 Å². The smallest absolute Gasteiger partial charge is 0.275 e. The van der Waals surface area contributed by atoms with Gasteiger partial charge in [-0.2, -0.15) is 5.10 Å². The van der Waals surface area contributed by atoms with E-state index in [0.717, 1.165) is 22.3 Å². The molecule has 0 bridgehead atoms. The lowest BCUT2D eigenvalue weighted by Crippen LogP contribution is -2.26. The molecule has 2 N–H and O–H groups in total. The van der Waals surface area contributed by atoms with Crippen LogP contribution in [0.2, 0.25) is 0 Å². The number of nitrogens with zero attached hydrogens (tertiary/aromatic N) is 4. The first-order valence-electron chi connectivity index (χ1n) is 9.40. The van der Waals surface area contributed by atoms with Crippen LogP contribution in [0.4, 0.5) is 5.95 Å². The Morgan fingerprint density at radius 2 is 2.03 bits per heavy atom. The SMILES string of the molecule is CCOc1cccc(C(C)n2ncc3ccc(-c4ccnc(N)n4)cc3c2=O)c1. The molecule has 0 aliphatic carbocycles. The highest BCUT2D eigenvalue weighted by Gasteiger charge is 2.14. The van der Waals surface area contributed by atoms with Crippen molar-refractivity contribution in [3.63, 3.8) is 0 Å². The summed E-state index contributed by atoms with van der Waals surface area (Å²) >= 11 is 0. The molecule has 0 amide bonds. The second kappa shape index (κ2) is 7.71. The van der Waals surface area contributed by atoms with Crippen molar-refractivity contribution in [2.45, 2.75) is 19.9 Å². The lowest BCUT2D eigenvalue weighted by molar-refractivity contribution is 0.339. The Kier molecular flexibility index (Phi) is 4.95. The summed E-state index contributed by atoms with van der Waals surface area (Å²) in [4.78, 5) is 21.4. The average molecular weight is 387 g/mol. The van der Waals surface area contributed by atoms with Crippen LogP contribution in [0.1, 0.15) is 25.5 Å². The van der Waals surface area contributed by atoms with Crippen molar-refractivity contribution >= 4 is 16.7 Å². The van der Waals surface area contributed by atoms with E-state index >= 15 is 0 Å². The second-order valence-corrected chi connectivity index (χ2v) is 6.68. The summed E-state index contributed by atoms with van der Waals surface area (Å²) in [5.41, 5.74) is 7.94. The zero-order chi connectivity index (χ0) is 20.4. The van der Waals surface area contributed by atoms with Gasteiger partial charge in [-0.1, -0.05) is 24.3 Å². The van der Waals surface area contributed by atoms with E-state index in [-0.39, 0.29) is 17.5 Å². The van der Waals surface area contributed by atoms with Crippen molar-refractivity contribution in [1.82, 2.24) is 19.7 Å². The first-order chi connectivity index (χ1) is 14.1. The van der Waals surface area contributed by atoms with Crippen molar-refractivity contribution in [2.75, 3.05) is 12.3 Å². The Morgan fingerprint density at radius 1 is 1.17 bits per heavy atom. The minimum atomic E-state index is -0.245. The molecule has 0 fully saturated rings. The molecule has 4 aromatic rings. The Morgan fingerprint density at radius 3 is 2.83 bits per heavy atom. The topological polar surface area (TPSA) is 95.9 Å². The summed E-state index contributed by atoms with van der Waals surface area (Å²) in [5, 5.41) is 5.74.